The summed E-state index contributed by atoms with van der Waals surface area (Å²) in [7, 11) is 0. The van der Waals surface area contributed by atoms with Gasteiger partial charge in [0.1, 0.15) is 0 Å². The summed E-state index contributed by atoms with van der Waals surface area (Å²) < 4.78 is 31.7. The molecule has 2 N–H and O–H groups in total. The van der Waals surface area contributed by atoms with E-state index in [-0.39, 0.29) is 13.2 Å². The minimum absolute atomic E-state index is 0.274. The minimum atomic E-state index is -0.530. The van der Waals surface area contributed by atoms with Crippen LogP contribution in [-0.4, -0.2) is 113 Å². The Kier molecular flexibility index (Phi) is 22.0. The molecule has 10 heteroatoms. The van der Waals surface area contributed by atoms with Gasteiger partial charge in [-0.15, -0.1) is 0 Å². The van der Waals surface area contributed by atoms with E-state index in [1.165, 1.54) is 0 Å². The second-order valence-corrected chi connectivity index (χ2v) is 6.00. The predicted molar refractivity (Wildman–Crippen MR) is 105 cm³/mol. The van der Waals surface area contributed by atoms with Gasteiger partial charge in [0.2, 0.25) is 0 Å². The van der Waals surface area contributed by atoms with Crippen molar-refractivity contribution < 1.29 is 38.6 Å². The lowest BCUT2D eigenvalue weighted by Gasteiger charge is -2.10. The normalized spacial score (nSPS) is 13.8. The first-order valence-corrected chi connectivity index (χ1v) is 10.0. The summed E-state index contributed by atoms with van der Waals surface area (Å²) in [5, 5.41) is 18.4. The highest BCUT2D eigenvalue weighted by atomic mass is 32.1. The molecule has 0 heterocycles. The summed E-state index contributed by atoms with van der Waals surface area (Å²) in [6, 6.07) is 0. The van der Waals surface area contributed by atoms with Gasteiger partial charge < -0.3 is 38.6 Å². The third-order valence-electron chi connectivity index (χ3n) is 2.90. The van der Waals surface area contributed by atoms with Crippen molar-refractivity contribution >= 4 is 25.3 Å². The summed E-state index contributed by atoms with van der Waals surface area (Å²) in [6.45, 7) is 5.33. The average molecular weight is 419 g/mol. The number of ether oxygens (including phenoxy) is 6. The summed E-state index contributed by atoms with van der Waals surface area (Å²) in [4.78, 5) is 0. The molecule has 0 aromatic rings. The van der Waals surface area contributed by atoms with E-state index in [4.69, 9.17) is 28.4 Å². The van der Waals surface area contributed by atoms with Crippen LogP contribution < -0.4 is 0 Å². The number of rotatable bonds is 21. The van der Waals surface area contributed by atoms with Gasteiger partial charge in [0.05, 0.1) is 91.5 Å². The van der Waals surface area contributed by atoms with Crippen molar-refractivity contribution in [1.29, 1.82) is 0 Å². The number of hydrogen-bond acceptors (Lipinski definition) is 10. The zero-order valence-corrected chi connectivity index (χ0v) is 17.1. The average Bonchev–Trinajstić information content (AvgIpc) is 2.66. The van der Waals surface area contributed by atoms with Gasteiger partial charge in [-0.25, -0.2) is 0 Å². The van der Waals surface area contributed by atoms with Gasteiger partial charge in [-0.2, -0.15) is 25.3 Å². The van der Waals surface area contributed by atoms with Crippen molar-refractivity contribution in [3.05, 3.63) is 0 Å². The van der Waals surface area contributed by atoms with E-state index in [0.29, 0.717) is 77.6 Å². The van der Waals surface area contributed by atoms with Crippen LogP contribution in [0.25, 0.3) is 0 Å². The van der Waals surface area contributed by atoms with Crippen molar-refractivity contribution in [1.82, 2.24) is 0 Å². The Morgan fingerprint density at radius 1 is 0.462 bits per heavy atom. The lowest BCUT2D eigenvalue weighted by Crippen LogP contribution is -2.19. The van der Waals surface area contributed by atoms with Crippen LogP contribution >= 0.6 is 25.3 Å². The topological polar surface area (TPSA) is 95.8 Å². The fourth-order valence-electron chi connectivity index (χ4n) is 1.54. The molecule has 158 valence electrons. The van der Waals surface area contributed by atoms with E-state index >= 15 is 0 Å². The van der Waals surface area contributed by atoms with Crippen LogP contribution in [0.1, 0.15) is 0 Å². The van der Waals surface area contributed by atoms with Crippen LogP contribution in [0.15, 0.2) is 0 Å². The first-order valence-electron chi connectivity index (χ1n) is 8.75. The summed E-state index contributed by atoms with van der Waals surface area (Å²) in [6.07, 6.45) is -1.06. The smallest absolute Gasteiger partial charge is 0.0861 e. The zero-order valence-electron chi connectivity index (χ0n) is 15.3. The molecule has 0 bridgehead atoms. The highest BCUT2D eigenvalue weighted by molar-refractivity contribution is 7.80. The molecule has 26 heavy (non-hydrogen) atoms. The maximum atomic E-state index is 9.21. The van der Waals surface area contributed by atoms with Gasteiger partial charge in [0.25, 0.3) is 0 Å². The standard InChI is InChI=1S/C16H34O8S2/c17-15(13-25)11-23-9-7-21-5-3-19-1-2-20-4-6-22-8-10-24-12-16(18)14-26/h15-18,25-26H,1-14H2. The molecule has 0 aliphatic heterocycles. The van der Waals surface area contributed by atoms with Gasteiger partial charge in [0, 0.05) is 11.5 Å². The molecule has 0 saturated heterocycles. The SMILES string of the molecule is OC(CS)COCCOCCOCCOCCOCCOCC(O)CS. The van der Waals surface area contributed by atoms with Crippen molar-refractivity contribution in [3.8, 4) is 0 Å². The molecule has 0 aliphatic carbocycles. The van der Waals surface area contributed by atoms with Gasteiger partial charge in [-0.1, -0.05) is 0 Å². The summed E-state index contributed by atoms with van der Waals surface area (Å²) in [5.41, 5.74) is 0. The zero-order chi connectivity index (χ0) is 19.3. The Balaban J connectivity index is 3.03. The lowest BCUT2D eigenvalue weighted by molar-refractivity contribution is -0.0251. The third-order valence-corrected chi connectivity index (χ3v) is 3.75. The second kappa shape index (κ2) is 21.7. The molecular weight excluding hydrogens is 384 g/mol. The molecule has 0 aliphatic rings. The van der Waals surface area contributed by atoms with Gasteiger partial charge in [-0.3, -0.25) is 0 Å². The number of aliphatic hydroxyl groups excluding tert-OH is 2. The molecule has 0 aromatic heterocycles. The van der Waals surface area contributed by atoms with Gasteiger partial charge in [-0.05, 0) is 0 Å². The van der Waals surface area contributed by atoms with Crippen LogP contribution in [-0.2, 0) is 28.4 Å². The number of aliphatic hydroxyl groups is 2. The summed E-state index contributed by atoms with van der Waals surface area (Å²) in [5.74, 6) is 0.776. The van der Waals surface area contributed by atoms with Gasteiger partial charge >= 0.3 is 0 Å². The van der Waals surface area contributed by atoms with E-state index in [1.54, 1.807) is 0 Å². The van der Waals surface area contributed by atoms with Crippen LogP contribution in [0, 0.1) is 0 Å². The Morgan fingerprint density at radius 3 is 0.923 bits per heavy atom. The van der Waals surface area contributed by atoms with E-state index in [2.05, 4.69) is 25.3 Å². The van der Waals surface area contributed by atoms with E-state index in [0.717, 1.165) is 0 Å². The van der Waals surface area contributed by atoms with Crippen molar-refractivity contribution in [3.63, 3.8) is 0 Å². The van der Waals surface area contributed by atoms with Crippen LogP contribution in [0.5, 0.6) is 0 Å². The Labute approximate surface area is 167 Å². The molecular formula is C16H34O8S2. The maximum absolute atomic E-state index is 9.21. The lowest BCUT2D eigenvalue weighted by atomic mass is 10.4. The van der Waals surface area contributed by atoms with E-state index < -0.39 is 12.2 Å². The maximum Gasteiger partial charge on any atom is 0.0861 e. The fourth-order valence-corrected chi connectivity index (χ4v) is 1.75. The predicted octanol–water partition coefficient (Wildman–Crippen LogP) is -0.333. The number of hydrogen-bond donors (Lipinski definition) is 4. The molecule has 2 atom stereocenters. The van der Waals surface area contributed by atoms with Crippen LogP contribution in [0.2, 0.25) is 0 Å². The molecule has 8 nitrogen and oxygen atoms in total. The first-order chi connectivity index (χ1) is 12.7. The fraction of sp³-hybridized carbons (Fsp3) is 1.00. The molecule has 0 spiro atoms. The van der Waals surface area contributed by atoms with Crippen molar-refractivity contribution in [2.75, 3.05) is 90.8 Å². The first kappa shape index (κ1) is 26.4. The third kappa shape index (κ3) is 20.7. The number of thiol groups is 2. The van der Waals surface area contributed by atoms with Crippen molar-refractivity contribution in [2.45, 2.75) is 12.2 Å². The van der Waals surface area contributed by atoms with E-state index in [1.807, 2.05) is 0 Å². The van der Waals surface area contributed by atoms with Crippen LogP contribution in [0.3, 0.4) is 0 Å². The Morgan fingerprint density at radius 2 is 0.692 bits per heavy atom. The molecule has 0 amide bonds. The monoisotopic (exact) mass is 418 g/mol. The Bertz CT molecular complexity index is 251. The van der Waals surface area contributed by atoms with E-state index in [9.17, 15) is 10.2 Å². The largest absolute Gasteiger partial charge is 0.390 e. The summed E-state index contributed by atoms with van der Waals surface area (Å²) >= 11 is 7.90. The van der Waals surface area contributed by atoms with Crippen LogP contribution in [0.4, 0.5) is 0 Å². The molecule has 0 saturated carbocycles. The van der Waals surface area contributed by atoms with Crippen molar-refractivity contribution in [2.24, 2.45) is 0 Å². The second-order valence-electron chi connectivity index (χ2n) is 5.27. The molecule has 0 fully saturated rings. The van der Waals surface area contributed by atoms with Gasteiger partial charge in [0.15, 0.2) is 0 Å². The highest BCUT2D eigenvalue weighted by Gasteiger charge is 2.01. The molecule has 0 aromatic carbocycles. The quantitative estimate of drug-likeness (QED) is 0.149. The highest BCUT2D eigenvalue weighted by Crippen LogP contribution is 1.90. The minimum Gasteiger partial charge on any atom is -0.390 e. The Hall–Kier alpha value is 0.380. The molecule has 2 unspecified atom stereocenters. The molecule has 0 radical (unpaired) electrons. The molecule has 0 rings (SSSR count).